The minimum absolute atomic E-state index is 0.138. The van der Waals surface area contributed by atoms with Crippen molar-refractivity contribution in [2.75, 3.05) is 26.7 Å². The van der Waals surface area contributed by atoms with Crippen LogP contribution in [0.3, 0.4) is 0 Å². The fourth-order valence-electron chi connectivity index (χ4n) is 4.83. The minimum atomic E-state index is -0.284. The van der Waals surface area contributed by atoms with E-state index in [0.717, 1.165) is 11.3 Å². The molecule has 0 unspecified atom stereocenters. The second-order valence-corrected chi connectivity index (χ2v) is 10.8. The van der Waals surface area contributed by atoms with Crippen LogP contribution in [0.15, 0.2) is 66.7 Å². The van der Waals surface area contributed by atoms with Crippen LogP contribution in [0.2, 0.25) is 10.0 Å². The maximum Gasteiger partial charge on any atom is 0.253 e. The van der Waals surface area contributed by atoms with E-state index in [0.29, 0.717) is 52.3 Å². The summed E-state index contributed by atoms with van der Waals surface area (Å²) in [6.07, 6.45) is 2.43. The summed E-state index contributed by atoms with van der Waals surface area (Å²) in [6.45, 7) is 1.48. The molecular weight excluding hydrogens is 521 g/mol. The van der Waals surface area contributed by atoms with Gasteiger partial charge in [-0.15, -0.1) is 0 Å². The lowest BCUT2D eigenvalue weighted by atomic mass is 9.93. The van der Waals surface area contributed by atoms with Gasteiger partial charge in [0.1, 0.15) is 5.75 Å². The lowest BCUT2D eigenvalue weighted by molar-refractivity contribution is 0.0696. The number of nitriles is 1. The first-order chi connectivity index (χ1) is 18.3. The Balaban J connectivity index is 1.37. The van der Waals surface area contributed by atoms with Gasteiger partial charge in [0.15, 0.2) is 0 Å². The first-order valence-corrected chi connectivity index (χ1v) is 13.3. The molecule has 0 bridgehead atoms. The van der Waals surface area contributed by atoms with E-state index < -0.39 is 0 Å². The number of nitrogens with zero attached hydrogens (tertiary/aromatic N) is 3. The number of carbonyl (C=O) groups excluding carboxylic acids is 2. The van der Waals surface area contributed by atoms with E-state index in [1.807, 2.05) is 24.3 Å². The predicted molar refractivity (Wildman–Crippen MR) is 147 cm³/mol. The molecule has 6 nitrogen and oxygen atoms in total. The first kappa shape index (κ1) is 26.1. The fraction of sp³-hybridized carbons (Fsp3) is 0.300. The lowest BCUT2D eigenvalue weighted by Crippen LogP contribution is -2.42. The van der Waals surface area contributed by atoms with Crippen molar-refractivity contribution in [3.05, 3.63) is 99.0 Å². The highest BCUT2D eigenvalue weighted by Gasteiger charge is 2.40. The minimum Gasteiger partial charge on any atom is -0.493 e. The molecule has 0 spiro atoms. The van der Waals surface area contributed by atoms with Gasteiger partial charge in [0.25, 0.3) is 11.8 Å². The summed E-state index contributed by atoms with van der Waals surface area (Å²) in [5.41, 5.74) is 2.44. The van der Waals surface area contributed by atoms with Crippen LogP contribution in [0.5, 0.6) is 5.75 Å². The van der Waals surface area contributed by atoms with Gasteiger partial charge in [0.2, 0.25) is 0 Å². The summed E-state index contributed by atoms with van der Waals surface area (Å²) in [5, 5.41) is 9.95. The van der Waals surface area contributed by atoms with E-state index in [9.17, 15) is 9.59 Å². The van der Waals surface area contributed by atoms with Crippen molar-refractivity contribution in [1.82, 2.24) is 9.80 Å². The average Bonchev–Trinajstić information content (AvgIpc) is 3.68. The second-order valence-electron chi connectivity index (χ2n) is 9.94. The maximum atomic E-state index is 13.5. The molecule has 8 heteroatoms. The highest BCUT2D eigenvalue weighted by molar-refractivity contribution is 6.42. The summed E-state index contributed by atoms with van der Waals surface area (Å²) in [7, 11) is 1.77. The molecule has 1 aliphatic carbocycles. The highest BCUT2D eigenvalue weighted by atomic mass is 35.5. The maximum absolute atomic E-state index is 13.5. The molecule has 2 aliphatic rings. The monoisotopic (exact) mass is 547 g/mol. The SMILES string of the molecule is CN(C(=O)c1ccc(OCC2CC2)cc1)[C@@H]1CN(C(=O)c2ccc(C#N)cc2)C[C@H]1c1ccc(Cl)c(Cl)c1. The Morgan fingerprint density at radius 2 is 1.66 bits per heavy atom. The van der Waals surface area contributed by atoms with Crippen molar-refractivity contribution in [3.63, 3.8) is 0 Å². The van der Waals surface area contributed by atoms with Gasteiger partial charge in [-0.3, -0.25) is 9.59 Å². The van der Waals surface area contributed by atoms with E-state index in [1.165, 1.54) is 12.8 Å². The Labute approximate surface area is 232 Å². The molecule has 2 fully saturated rings. The molecule has 1 saturated heterocycles. The summed E-state index contributed by atoms with van der Waals surface area (Å²) >= 11 is 12.5. The van der Waals surface area contributed by atoms with Gasteiger partial charge in [-0.2, -0.15) is 5.26 Å². The molecule has 38 heavy (non-hydrogen) atoms. The molecule has 2 atom stereocenters. The summed E-state index contributed by atoms with van der Waals surface area (Å²) in [6, 6.07) is 21.0. The van der Waals surface area contributed by atoms with Crippen LogP contribution < -0.4 is 4.74 Å². The number of ether oxygens (including phenoxy) is 1. The number of benzene rings is 3. The van der Waals surface area contributed by atoms with Gasteiger partial charge in [-0.05, 0) is 85.0 Å². The molecule has 3 aromatic rings. The summed E-state index contributed by atoms with van der Waals surface area (Å²) < 4.78 is 5.81. The summed E-state index contributed by atoms with van der Waals surface area (Å²) in [5.74, 6) is 0.951. The Bertz CT molecular complexity index is 1380. The molecule has 1 saturated carbocycles. The number of rotatable bonds is 7. The number of likely N-dealkylation sites (N-methyl/N-ethyl adjacent to an activating group) is 1. The van der Waals surface area contributed by atoms with Crippen molar-refractivity contribution in [2.45, 2.75) is 24.8 Å². The summed E-state index contributed by atoms with van der Waals surface area (Å²) in [4.78, 5) is 30.4. The van der Waals surface area contributed by atoms with Gasteiger partial charge in [-0.25, -0.2) is 0 Å². The Morgan fingerprint density at radius 1 is 0.974 bits per heavy atom. The van der Waals surface area contributed by atoms with E-state index in [2.05, 4.69) is 6.07 Å². The highest BCUT2D eigenvalue weighted by Crippen LogP contribution is 2.35. The quantitative estimate of drug-likeness (QED) is 0.361. The average molecular weight is 548 g/mol. The zero-order valence-corrected chi connectivity index (χ0v) is 22.5. The third-order valence-electron chi connectivity index (χ3n) is 7.31. The molecule has 194 valence electrons. The van der Waals surface area contributed by atoms with Gasteiger partial charge in [0, 0.05) is 37.2 Å². The van der Waals surface area contributed by atoms with Crippen molar-refractivity contribution < 1.29 is 14.3 Å². The van der Waals surface area contributed by atoms with Crippen LogP contribution in [-0.4, -0.2) is 54.4 Å². The molecule has 1 heterocycles. The lowest BCUT2D eigenvalue weighted by Gasteiger charge is -2.29. The Hall–Kier alpha value is -3.53. The zero-order chi connectivity index (χ0) is 26.8. The zero-order valence-electron chi connectivity index (χ0n) is 20.9. The number of carbonyl (C=O) groups is 2. The molecule has 1 aliphatic heterocycles. The van der Waals surface area contributed by atoms with Crippen LogP contribution in [0, 0.1) is 17.2 Å². The van der Waals surface area contributed by atoms with Crippen LogP contribution in [0.25, 0.3) is 0 Å². The third kappa shape index (κ3) is 5.65. The third-order valence-corrected chi connectivity index (χ3v) is 8.05. The largest absolute Gasteiger partial charge is 0.493 e. The van der Waals surface area contributed by atoms with Gasteiger partial charge in [0.05, 0.1) is 34.3 Å². The topological polar surface area (TPSA) is 73.6 Å². The van der Waals surface area contributed by atoms with Crippen LogP contribution in [0.1, 0.15) is 50.6 Å². The van der Waals surface area contributed by atoms with Gasteiger partial charge >= 0.3 is 0 Å². The molecule has 0 N–H and O–H groups in total. The Kier molecular flexibility index (Phi) is 7.60. The van der Waals surface area contributed by atoms with E-state index in [-0.39, 0.29) is 23.8 Å². The molecule has 5 rings (SSSR count). The molecule has 2 amide bonds. The van der Waals surface area contributed by atoms with E-state index in [1.54, 1.807) is 59.3 Å². The molecule has 3 aromatic carbocycles. The number of hydrogen-bond acceptors (Lipinski definition) is 4. The van der Waals surface area contributed by atoms with E-state index >= 15 is 0 Å². The van der Waals surface area contributed by atoms with Crippen LogP contribution in [0.4, 0.5) is 0 Å². The predicted octanol–water partition coefficient (Wildman–Crippen LogP) is 6.03. The molecular formula is C30H27Cl2N3O3. The van der Waals surface area contributed by atoms with Gasteiger partial charge in [-0.1, -0.05) is 29.3 Å². The van der Waals surface area contributed by atoms with Gasteiger partial charge < -0.3 is 14.5 Å². The van der Waals surface area contributed by atoms with Crippen LogP contribution >= 0.6 is 23.2 Å². The van der Waals surface area contributed by atoms with Crippen molar-refractivity contribution >= 4 is 35.0 Å². The number of hydrogen-bond donors (Lipinski definition) is 0. The molecule has 0 radical (unpaired) electrons. The standard InChI is InChI=1S/C30H27Cl2N3O3/c1-34(29(36)21-8-11-24(12-9-21)38-18-20-2-3-20)28-17-35(30(37)22-6-4-19(15-33)5-7-22)16-25(28)23-10-13-26(31)27(32)14-23/h4-14,20,25,28H,2-3,16-18H2,1H3/t25-,28+/m0/s1. The van der Waals surface area contributed by atoms with Crippen molar-refractivity contribution in [1.29, 1.82) is 5.26 Å². The second kappa shape index (κ2) is 11.1. The Morgan fingerprint density at radius 3 is 2.29 bits per heavy atom. The normalized spacial score (nSPS) is 18.6. The van der Waals surface area contributed by atoms with Crippen molar-refractivity contribution in [2.24, 2.45) is 5.92 Å². The fourth-order valence-corrected chi connectivity index (χ4v) is 5.14. The molecule has 0 aromatic heterocycles. The number of halogens is 2. The van der Waals surface area contributed by atoms with Crippen molar-refractivity contribution in [3.8, 4) is 11.8 Å². The number of likely N-dealkylation sites (tertiary alicyclic amines) is 1. The van der Waals surface area contributed by atoms with Crippen LogP contribution in [-0.2, 0) is 0 Å². The first-order valence-electron chi connectivity index (χ1n) is 12.6. The smallest absolute Gasteiger partial charge is 0.253 e. The van der Waals surface area contributed by atoms with E-state index in [4.69, 9.17) is 33.2 Å². The number of amides is 2.